The highest BCUT2D eigenvalue weighted by Gasteiger charge is 2.31. The van der Waals surface area contributed by atoms with Gasteiger partial charge in [-0.3, -0.25) is 14.5 Å². The Morgan fingerprint density at radius 2 is 1.94 bits per heavy atom. The van der Waals surface area contributed by atoms with E-state index in [9.17, 15) is 9.59 Å². The van der Waals surface area contributed by atoms with E-state index in [4.69, 9.17) is 22.1 Å². The van der Waals surface area contributed by atoms with Crippen molar-refractivity contribution in [3.63, 3.8) is 0 Å². The van der Waals surface area contributed by atoms with Crippen LogP contribution in [0.5, 0.6) is 5.75 Å². The largest absolute Gasteiger partial charge is 0.489 e. The molecule has 0 radical (unpaired) electrons. The molecule has 0 unspecified atom stereocenters. The molecule has 1 N–H and O–H groups in total. The lowest BCUT2D eigenvalue weighted by molar-refractivity contribution is -0.137. The third kappa shape index (κ3) is 6.67. The number of hydrogen-bond acceptors (Lipinski definition) is 5. The van der Waals surface area contributed by atoms with Crippen molar-refractivity contribution in [2.45, 2.75) is 39.2 Å². The Balaban J connectivity index is 1.58. The molecule has 0 bridgehead atoms. The van der Waals surface area contributed by atoms with Crippen LogP contribution >= 0.6 is 24.0 Å². The van der Waals surface area contributed by atoms with Gasteiger partial charge >= 0.3 is 5.97 Å². The quantitative estimate of drug-likeness (QED) is 0.293. The topological polar surface area (TPSA) is 66.8 Å². The Labute approximate surface area is 192 Å². The highest BCUT2D eigenvalue weighted by atomic mass is 32.2. The SMILES string of the molecule is Cc1cc(/C=C2\SC(=S)N(CCCCCC(=O)O)C2=O)ccc1OCc1ccccc1. The number of benzene rings is 2. The number of carboxylic acid groups (broad SMARTS) is 1. The van der Waals surface area contributed by atoms with Crippen LogP contribution in [0.25, 0.3) is 6.08 Å². The number of unbranched alkanes of at least 4 members (excludes halogenated alkanes) is 2. The Bertz CT molecular complexity index is 988. The summed E-state index contributed by atoms with van der Waals surface area (Å²) in [5, 5.41) is 8.70. The first kappa shape index (κ1) is 23.0. The van der Waals surface area contributed by atoms with Gasteiger partial charge in [0.25, 0.3) is 5.91 Å². The van der Waals surface area contributed by atoms with E-state index in [-0.39, 0.29) is 12.3 Å². The van der Waals surface area contributed by atoms with Gasteiger partial charge in [-0.1, -0.05) is 66.8 Å². The van der Waals surface area contributed by atoms with Gasteiger partial charge in [-0.25, -0.2) is 0 Å². The number of aliphatic carboxylic acids is 1. The molecule has 31 heavy (non-hydrogen) atoms. The van der Waals surface area contributed by atoms with E-state index < -0.39 is 5.97 Å². The lowest BCUT2D eigenvalue weighted by Crippen LogP contribution is -2.29. The Hall–Kier alpha value is -2.64. The highest BCUT2D eigenvalue weighted by molar-refractivity contribution is 8.26. The number of ether oxygens (including phenoxy) is 1. The van der Waals surface area contributed by atoms with Gasteiger partial charge in [-0.15, -0.1) is 0 Å². The van der Waals surface area contributed by atoms with E-state index in [0.717, 1.165) is 35.3 Å². The molecule has 1 fully saturated rings. The van der Waals surface area contributed by atoms with E-state index >= 15 is 0 Å². The van der Waals surface area contributed by atoms with Gasteiger partial charge in [-0.2, -0.15) is 0 Å². The van der Waals surface area contributed by atoms with Crippen LogP contribution in [0.15, 0.2) is 53.4 Å². The van der Waals surface area contributed by atoms with Gasteiger partial charge in [0.15, 0.2) is 0 Å². The molecule has 7 heteroatoms. The van der Waals surface area contributed by atoms with Crippen molar-refractivity contribution in [3.8, 4) is 5.75 Å². The fourth-order valence-corrected chi connectivity index (χ4v) is 4.54. The monoisotopic (exact) mass is 455 g/mol. The van der Waals surface area contributed by atoms with E-state index in [2.05, 4.69) is 0 Å². The van der Waals surface area contributed by atoms with Crippen LogP contribution in [-0.4, -0.2) is 32.7 Å². The molecule has 1 saturated heterocycles. The summed E-state index contributed by atoms with van der Waals surface area (Å²) in [7, 11) is 0. The number of carboxylic acids is 1. The van der Waals surface area contributed by atoms with E-state index in [0.29, 0.717) is 28.8 Å². The van der Waals surface area contributed by atoms with Crippen LogP contribution in [0, 0.1) is 6.92 Å². The normalized spacial score (nSPS) is 15.0. The number of hydrogen-bond donors (Lipinski definition) is 1. The van der Waals surface area contributed by atoms with Crippen LogP contribution < -0.4 is 4.74 Å². The zero-order valence-corrected chi connectivity index (χ0v) is 19.0. The molecular weight excluding hydrogens is 430 g/mol. The van der Waals surface area contributed by atoms with Gasteiger partial charge in [-0.05, 0) is 54.7 Å². The molecule has 5 nitrogen and oxygen atoms in total. The molecule has 0 atom stereocenters. The zero-order chi connectivity index (χ0) is 22.2. The predicted molar refractivity (Wildman–Crippen MR) is 128 cm³/mol. The zero-order valence-electron chi connectivity index (χ0n) is 17.4. The Kier molecular flexibility index (Phi) is 8.26. The maximum absolute atomic E-state index is 12.7. The fraction of sp³-hybridized carbons (Fsp3) is 0.292. The molecule has 0 spiro atoms. The van der Waals surface area contributed by atoms with Gasteiger partial charge in [0.2, 0.25) is 0 Å². The van der Waals surface area contributed by atoms with E-state index in [1.165, 1.54) is 11.8 Å². The summed E-state index contributed by atoms with van der Waals surface area (Å²) in [6.45, 7) is 3.01. The van der Waals surface area contributed by atoms with Gasteiger partial charge in [0.05, 0.1) is 4.91 Å². The second-order valence-corrected chi connectivity index (χ2v) is 9.01. The molecular formula is C24H25NO4S2. The molecule has 2 aromatic carbocycles. The van der Waals surface area contributed by atoms with E-state index in [1.807, 2.05) is 61.5 Å². The van der Waals surface area contributed by atoms with E-state index in [1.54, 1.807) is 4.90 Å². The van der Waals surface area contributed by atoms with Gasteiger partial charge < -0.3 is 9.84 Å². The third-order valence-corrected chi connectivity index (χ3v) is 6.26. The number of rotatable bonds is 10. The first-order chi connectivity index (χ1) is 14.9. The van der Waals surface area contributed by atoms with Crippen LogP contribution in [0.4, 0.5) is 0 Å². The van der Waals surface area contributed by atoms with Crippen molar-refractivity contribution < 1.29 is 19.4 Å². The Morgan fingerprint density at radius 3 is 2.65 bits per heavy atom. The number of nitrogens with zero attached hydrogens (tertiary/aromatic N) is 1. The number of aryl methyl sites for hydroxylation is 1. The molecule has 2 aromatic rings. The number of thioether (sulfide) groups is 1. The summed E-state index contributed by atoms with van der Waals surface area (Å²) in [4.78, 5) is 25.5. The molecule has 1 heterocycles. The number of carbonyl (C=O) groups is 2. The van der Waals surface area contributed by atoms with Crippen molar-refractivity contribution in [1.29, 1.82) is 0 Å². The molecule has 0 saturated carbocycles. The van der Waals surface area contributed by atoms with Crippen LogP contribution in [0.3, 0.4) is 0 Å². The maximum Gasteiger partial charge on any atom is 0.303 e. The number of amides is 1. The minimum Gasteiger partial charge on any atom is -0.489 e. The third-order valence-electron chi connectivity index (χ3n) is 4.88. The molecule has 1 aliphatic heterocycles. The Morgan fingerprint density at radius 1 is 1.16 bits per heavy atom. The fourth-order valence-electron chi connectivity index (χ4n) is 3.23. The van der Waals surface area contributed by atoms with Crippen LogP contribution in [-0.2, 0) is 16.2 Å². The maximum atomic E-state index is 12.7. The second kappa shape index (κ2) is 11.1. The minimum absolute atomic E-state index is 0.0877. The highest BCUT2D eigenvalue weighted by Crippen LogP contribution is 2.33. The smallest absolute Gasteiger partial charge is 0.303 e. The van der Waals surface area contributed by atoms with Crippen molar-refractivity contribution in [3.05, 3.63) is 70.1 Å². The number of carbonyl (C=O) groups excluding carboxylic acids is 1. The van der Waals surface area contributed by atoms with Crippen molar-refractivity contribution >= 4 is 46.3 Å². The average Bonchev–Trinajstić information content (AvgIpc) is 3.00. The lowest BCUT2D eigenvalue weighted by Gasteiger charge is -2.13. The minimum atomic E-state index is -0.791. The first-order valence-electron chi connectivity index (χ1n) is 10.2. The summed E-state index contributed by atoms with van der Waals surface area (Å²) in [5.41, 5.74) is 3.03. The second-order valence-electron chi connectivity index (χ2n) is 7.34. The molecule has 3 rings (SSSR count). The van der Waals surface area contributed by atoms with Gasteiger partial charge in [0.1, 0.15) is 16.7 Å². The van der Waals surface area contributed by atoms with Crippen LogP contribution in [0.2, 0.25) is 0 Å². The average molecular weight is 456 g/mol. The van der Waals surface area contributed by atoms with Crippen molar-refractivity contribution in [2.24, 2.45) is 0 Å². The predicted octanol–water partition coefficient (Wildman–Crippen LogP) is 5.42. The number of thiocarbonyl (C=S) groups is 1. The standard InChI is InChI=1S/C24H25NO4S2/c1-17-14-19(11-12-20(17)29-16-18-8-4-2-5-9-18)15-21-23(28)25(24(30)31-21)13-7-3-6-10-22(26)27/h2,4-5,8-9,11-12,14-15H,3,6-7,10,13,16H2,1H3,(H,26,27)/b21-15-. The first-order valence-corrected chi connectivity index (χ1v) is 11.4. The summed E-state index contributed by atoms with van der Waals surface area (Å²) < 4.78 is 6.47. The molecule has 0 aromatic heterocycles. The molecule has 162 valence electrons. The lowest BCUT2D eigenvalue weighted by atomic mass is 10.1. The van der Waals surface area contributed by atoms with Gasteiger partial charge in [0, 0.05) is 13.0 Å². The molecule has 1 amide bonds. The summed E-state index contributed by atoms with van der Waals surface area (Å²) in [6.07, 6.45) is 4.12. The van der Waals surface area contributed by atoms with Crippen LogP contribution in [0.1, 0.15) is 42.4 Å². The molecule has 0 aliphatic carbocycles. The molecule has 1 aliphatic rings. The van der Waals surface area contributed by atoms with Crippen molar-refractivity contribution in [1.82, 2.24) is 4.90 Å². The van der Waals surface area contributed by atoms with Crippen molar-refractivity contribution in [2.75, 3.05) is 6.54 Å². The summed E-state index contributed by atoms with van der Waals surface area (Å²) in [6, 6.07) is 15.9. The summed E-state index contributed by atoms with van der Waals surface area (Å²) in [5.74, 6) is -0.0643. The summed E-state index contributed by atoms with van der Waals surface area (Å²) >= 11 is 6.68.